The van der Waals surface area contributed by atoms with Crippen molar-refractivity contribution in [1.82, 2.24) is 9.38 Å². The fraction of sp³-hybridized carbons (Fsp3) is 0.158. The Morgan fingerprint density at radius 3 is 2.48 bits per heavy atom. The van der Waals surface area contributed by atoms with Gasteiger partial charge in [0.1, 0.15) is 6.33 Å². The minimum atomic E-state index is -0.0725. The number of hydrogen-bond acceptors (Lipinski definition) is 6. The standard InChI is InChI=1S/C19H13IN2O5/c1-24-13-4-10-12(6-14(13)25-2)22-7-21-11-5-16-15(26-8-27-16)3-9(11)18(22)17(20)19(10)23/h3-7H,8H2,1-2H3. The lowest BCUT2D eigenvalue weighted by Gasteiger charge is -2.14. The predicted molar refractivity (Wildman–Crippen MR) is 108 cm³/mol. The Labute approximate surface area is 166 Å². The highest BCUT2D eigenvalue weighted by atomic mass is 127. The summed E-state index contributed by atoms with van der Waals surface area (Å²) in [6.07, 6.45) is 1.70. The van der Waals surface area contributed by atoms with Gasteiger partial charge in [-0.2, -0.15) is 0 Å². The Bertz CT molecular complexity index is 1320. The van der Waals surface area contributed by atoms with E-state index >= 15 is 0 Å². The van der Waals surface area contributed by atoms with Crippen LogP contribution in [0.5, 0.6) is 23.0 Å². The van der Waals surface area contributed by atoms with Gasteiger partial charge < -0.3 is 18.9 Å². The highest BCUT2D eigenvalue weighted by Crippen LogP contribution is 2.38. The quantitative estimate of drug-likeness (QED) is 0.327. The van der Waals surface area contributed by atoms with Crippen molar-refractivity contribution in [2.45, 2.75) is 0 Å². The number of fused-ring (bicyclic) bond motifs is 6. The number of halogens is 1. The monoisotopic (exact) mass is 476 g/mol. The molecule has 8 heteroatoms. The van der Waals surface area contributed by atoms with Crippen LogP contribution in [0.2, 0.25) is 0 Å². The number of aromatic nitrogens is 2. The Morgan fingerprint density at radius 1 is 1.04 bits per heavy atom. The smallest absolute Gasteiger partial charge is 0.231 e. The molecule has 0 bridgehead atoms. The molecule has 0 saturated carbocycles. The summed E-state index contributed by atoms with van der Waals surface area (Å²) in [6, 6.07) is 7.19. The molecule has 0 fully saturated rings. The Kier molecular flexibility index (Phi) is 3.58. The van der Waals surface area contributed by atoms with Gasteiger partial charge in [-0.3, -0.25) is 9.20 Å². The van der Waals surface area contributed by atoms with Crippen LogP contribution in [-0.2, 0) is 0 Å². The predicted octanol–water partition coefficient (Wildman–Crippen LogP) is 3.35. The van der Waals surface area contributed by atoms with Crippen molar-refractivity contribution in [1.29, 1.82) is 0 Å². The van der Waals surface area contributed by atoms with Crippen LogP contribution in [0.3, 0.4) is 0 Å². The minimum absolute atomic E-state index is 0.0725. The molecular formula is C19H13IN2O5. The van der Waals surface area contributed by atoms with Crippen molar-refractivity contribution in [2.75, 3.05) is 21.0 Å². The highest BCUT2D eigenvalue weighted by Gasteiger charge is 2.20. The van der Waals surface area contributed by atoms with E-state index < -0.39 is 0 Å². The number of rotatable bonds is 2. The zero-order valence-corrected chi connectivity index (χ0v) is 16.6. The van der Waals surface area contributed by atoms with Crippen LogP contribution < -0.4 is 24.4 Å². The van der Waals surface area contributed by atoms with Gasteiger partial charge in [-0.15, -0.1) is 0 Å². The van der Waals surface area contributed by atoms with Gasteiger partial charge in [0, 0.05) is 17.5 Å². The summed E-state index contributed by atoms with van der Waals surface area (Å²) in [7, 11) is 3.11. The van der Waals surface area contributed by atoms with Crippen molar-refractivity contribution in [3.8, 4) is 23.0 Å². The van der Waals surface area contributed by atoms with E-state index in [-0.39, 0.29) is 12.2 Å². The molecule has 2 aromatic carbocycles. The zero-order valence-electron chi connectivity index (χ0n) is 14.4. The normalized spacial score (nSPS) is 12.9. The molecule has 0 aliphatic carbocycles. The lowest BCUT2D eigenvalue weighted by Crippen LogP contribution is -2.12. The molecule has 1 aliphatic heterocycles. The molecule has 7 nitrogen and oxygen atoms in total. The number of hydrogen-bond donors (Lipinski definition) is 0. The molecule has 4 aromatic rings. The summed E-state index contributed by atoms with van der Waals surface area (Å²) in [4.78, 5) is 17.6. The van der Waals surface area contributed by atoms with Gasteiger partial charge >= 0.3 is 0 Å². The summed E-state index contributed by atoms with van der Waals surface area (Å²) in [5, 5.41) is 1.36. The first kappa shape index (κ1) is 16.4. The molecule has 5 rings (SSSR count). The van der Waals surface area contributed by atoms with Crippen LogP contribution in [0.1, 0.15) is 0 Å². The van der Waals surface area contributed by atoms with Crippen LogP contribution in [0.4, 0.5) is 0 Å². The first-order chi connectivity index (χ1) is 13.1. The van der Waals surface area contributed by atoms with Crippen molar-refractivity contribution >= 4 is 49.9 Å². The van der Waals surface area contributed by atoms with E-state index in [1.807, 2.05) is 16.5 Å². The SMILES string of the molecule is COc1cc2c(=O)c(I)c3c4cc5c(cc4ncn3c2cc1OC)OCO5. The number of pyridine rings is 1. The largest absolute Gasteiger partial charge is 0.493 e. The second kappa shape index (κ2) is 5.88. The lowest BCUT2D eigenvalue weighted by molar-refractivity contribution is 0.174. The van der Waals surface area contributed by atoms with E-state index in [1.54, 1.807) is 32.7 Å². The summed E-state index contributed by atoms with van der Waals surface area (Å²) in [5.41, 5.74) is 2.12. The van der Waals surface area contributed by atoms with Crippen molar-refractivity contribution in [3.05, 3.63) is 44.4 Å². The maximum Gasteiger partial charge on any atom is 0.231 e. The lowest BCUT2D eigenvalue weighted by atomic mass is 10.1. The third kappa shape index (κ3) is 2.25. The molecule has 0 saturated heterocycles. The molecule has 2 aromatic heterocycles. The Hall–Kier alpha value is -2.75. The van der Waals surface area contributed by atoms with E-state index in [9.17, 15) is 4.79 Å². The Balaban J connectivity index is 1.99. The van der Waals surface area contributed by atoms with E-state index in [1.165, 1.54) is 0 Å². The number of benzene rings is 2. The molecule has 0 spiro atoms. The second-order valence-electron chi connectivity index (χ2n) is 6.05. The summed E-state index contributed by atoms with van der Waals surface area (Å²) >= 11 is 2.08. The van der Waals surface area contributed by atoms with Gasteiger partial charge in [0.15, 0.2) is 23.0 Å². The summed E-state index contributed by atoms with van der Waals surface area (Å²) < 4.78 is 24.2. The molecule has 0 radical (unpaired) electrons. The summed E-state index contributed by atoms with van der Waals surface area (Å²) in [6.45, 7) is 0.181. The van der Waals surface area contributed by atoms with Crippen molar-refractivity contribution in [2.24, 2.45) is 0 Å². The first-order valence-corrected chi connectivity index (χ1v) is 9.18. The average Bonchev–Trinajstić information content (AvgIpc) is 3.15. The third-order valence-corrected chi connectivity index (χ3v) is 5.71. The van der Waals surface area contributed by atoms with Crippen LogP contribution >= 0.6 is 22.6 Å². The molecule has 27 heavy (non-hydrogen) atoms. The van der Waals surface area contributed by atoms with E-state index in [2.05, 4.69) is 27.6 Å². The van der Waals surface area contributed by atoms with E-state index in [4.69, 9.17) is 18.9 Å². The number of nitrogens with zero attached hydrogens (tertiary/aromatic N) is 2. The maximum atomic E-state index is 13.1. The van der Waals surface area contributed by atoms with E-state index in [0.717, 1.165) is 16.4 Å². The van der Waals surface area contributed by atoms with E-state index in [0.29, 0.717) is 37.5 Å². The van der Waals surface area contributed by atoms with Gasteiger partial charge in [0.05, 0.1) is 39.7 Å². The maximum absolute atomic E-state index is 13.1. The first-order valence-electron chi connectivity index (χ1n) is 8.10. The average molecular weight is 476 g/mol. The summed E-state index contributed by atoms with van der Waals surface area (Å²) in [5.74, 6) is 2.36. The van der Waals surface area contributed by atoms with Crippen molar-refractivity contribution < 1.29 is 18.9 Å². The second-order valence-corrected chi connectivity index (χ2v) is 7.13. The van der Waals surface area contributed by atoms with Gasteiger partial charge in [0.2, 0.25) is 12.2 Å². The molecule has 0 amide bonds. The van der Waals surface area contributed by atoms with Crippen molar-refractivity contribution in [3.63, 3.8) is 0 Å². The minimum Gasteiger partial charge on any atom is -0.493 e. The van der Waals surface area contributed by atoms with Gasteiger partial charge in [-0.1, -0.05) is 0 Å². The zero-order chi connectivity index (χ0) is 18.7. The van der Waals surface area contributed by atoms with Gasteiger partial charge in [0.25, 0.3) is 0 Å². The van der Waals surface area contributed by atoms with Gasteiger partial charge in [-0.05, 0) is 34.7 Å². The molecule has 0 unspecified atom stereocenters. The van der Waals surface area contributed by atoms with Crippen LogP contribution in [0, 0.1) is 3.57 Å². The van der Waals surface area contributed by atoms with Crippen LogP contribution in [-0.4, -0.2) is 30.4 Å². The fourth-order valence-corrected chi connectivity index (χ4v) is 4.26. The number of methoxy groups -OCH3 is 2. The highest BCUT2D eigenvalue weighted by molar-refractivity contribution is 14.1. The Morgan fingerprint density at radius 2 is 1.74 bits per heavy atom. The fourth-order valence-electron chi connectivity index (χ4n) is 3.42. The molecule has 136 valence electrons. The van der Waals surface area contributed by atoms with Crippen LogP contribution in [0.15, 0.2) is 35.4 Å². The van der Waals surface area contributed by atoms with Crippen LogP contribution in [0.25, 0.3) is 27.3 Å². The molecule has 1 aliphatic rings. The number of ether oxygens (including phenoxy) is 4. The molecular weight excluding hydrogens is 463 g/mol. The molecule has 0 atom stereocenters. The third-order valence-electron chi connectivity index (χ3n) is 4.71. The van der Waals surface area contributed by atoms with Gasteiger partial charge in [-0.25, -0.2) is 4.98 Å². The molecule has 3 heterocycles. The topological polar surface area (TPSA) is 71.3 Å². The molecule has 0 N–H and O–H groups in total.